The molecule has 0 saturated carbocycles. The fourth-order valence-electron chi connectivity index (χ4n) is 1.98. The lowest BCUT2D eigenvalue weighted by molar-refractivity contribution is -0.384. The summed E-state index contributed by atoms with van der Waals surface area (Å²) in [4.78, 5) is 33.3. The third-order valence-electron chi connectivity index (χ3n) is 3.07. The number of benzene rings is 1. The van der Waals surface area contributed by atoms with Crippen LogP contribution in [0.1, 0.15) is 23.0 Å². The van der Waals surface area contributed by atoms with E-state index in [2.05, 4.69) is 5.32 Å². The smallest absolute Gasteiger partial charge is 0.303 e. The van der Waals surface area contributed by atoms with Crippen LogP contribution in [0, 0.1) is 16.0 Å². The molecule has 0 fully saturated rings. The summed E-state index contributed by atoms with van der Waals surface area (Å²) in [6.45, 7) is 2.00. The maximum absolute atomic E-state index is 12.0. The normalized spacial score (nSPS) is 12.0. The van der Waals surface area contributed by atoms with E-state index in [1.807, 2.05) is 0 Å². The molecule has 8 heteroatoms. The summed E-state index contributed by atoms with van der Waals surface area (Å²) in [5.74, 6) is -1.38. The zero-order valence-corrected chi connectivity index (χ0v) is 12.6. The Balaban J connectivity index is 2.08. The summed E-state index contributed by atoms with van der Waals surface area (Å²) in [6.07, 6.45) is -0.0150. The fraction of sp³-hybridized carbons (Fsp3) is 0.286. The Bertz CT molecular complexity index is 740. The second kappa shape index (κ2) is 6.52. The first-order valence-electron chi connectivity index (χ1n) is 6.55. The molecule has 0 aliphatic heterocycles. The monoisotopic (exact) mass is 322 g/mol. The summed E-state index contributed by atoms with van der Waals surface area (Å²) in [5.41, 5.74) is -0.0210. The Labute approximate surface area is 129 Å². The van der Waals surface area contributed by atoms with Crippen LogP contribution in [0.2, 0.25) is 0 Å². The third kappa shape index (κ3) is 3.79. The molecule has 2 rings (SSSR count). The van der Waals surface area contributed by atoms with Crippen LogP contribution in [0.5, 0.6) is 0 Å². The van der Waals surface area contributed by atoms with Crippen molar-refractivity contribution in [1.29, 1.82) is 0 Å². The number of carboxylic acids is 1. The molecule has 22 heavy (non-hydrogen) atoms. The summed E-state index contributed by atoms with van der Waals surface area (Å²) < 4.78 is 0.786. The van der Waals surface area contributed by atoms with Gasteiger partial charge in [-0.05, 0) is 18.1 Å². The van der Waals surface area contributed by atoms with Crippen molar-refractivity contribution >= 4 is 39.0 Å². The topological polar surface area (TPSA) is 110 Å². The molecule has 0 spiro atoms. The van der Waals surface area contributed by atoms with Gasteiger partial charge in [0, 0.05) is 35.2 Å². The molecule has 0 radical (unpaired) electrons. The van der Waals surface area contributed by atoms with E-state index in [1.54, 1.807) is 19.1 Å². The van der Waals surface area contributed by atoms with Crippen LogP contribution in [0.25, 0.3) is 10.1 Å². The van der Waals surface area contributed by atoms with Crippen LogP contribution >= 0.6 is 11.3 Å². The van der Waals surface area contributed by atoms with Crippen molar-refractivity contribution in [3.8, 4) is 0 Å². The van der Waals surface area contributed by atoms with E-state index in [1.165, 1.54) is 23.5 Å². The number of nitrogens with one attached hydrogen (secondary N) is 1. The Kier molecular flexibility index (Phi) is 4.71. The first-order valence-corrected chi connectivity index (χ1v) is 7.36. The minimum Gasteiger partial charge on any atom is -0.481 e. The molecule has 7 nitrogen and oxygen atoms in total. The van der Waals surface area contributed by atoms with Crippen LogP contribution < -0.4 is 5.32 Å². The van der Waals surface area contributed by atoms with E-state index in [4.69, 9.17) is 5.11 Å². The van der Waals surface area contributed by atoms with Gasteiger partial charge in [-0.25, -0.2) is 0 Å². The lowest BCUT2D eigenvalue weighted by Crippen LogP contribution is -2.28. The Morgan fingerprint density at radius 1 is 1.41 bits per heavy atom. The van der Waals surface area contributed by atoms with Crippen molar-refractivity contribution in [3.05, 3.63) is 39.3 Å². The Morgan fingerprint density at radius 3 is 2.77 bits per heavy atom. The van der Waals surface area contributed by atoms with Crippen molar-refractivity contribution in [2.75, 3.05) is 6.54 Å². The highest BCUT2D eigenvalue weighted by atomic mass is 32.1. The highest BCUT2D eigenvalue weighted by Gasteiger charge is 2.14. The van der Waals surface area contributed by atoms with Crippen LogP contribution in [-0.2, 0) is 4.79 Å². The van der Waals surface area contributed by atoms with Gasteiger partial charge >= 0.3 is 5.97 Å². The molecule has 1 heterocycles. The minimum atomic E-state index is -0.907. The quantitative estimate of drug-likeness (QED) is 0.627. The number of hydrogen-bond donors (Lipinski definition) is 2. The van der Waals surface area contributed by atoms with Gasteiger partial charge in [-0.2, -0.15) is 0 Å². The molecule has 0 aliphatic carbocycles. The summed E-state index contributed by atoms with van der Waals surface area (Å²) in [5, 5.41) is 22.7. The number of hydrogen-bond acceptors (Lipinski definition) is 5. The van der Waals surface area contributed by atoms with Gasteiger partial charge in [0.2, 0.25) is 0 Å². The van der Waals surface area contributed by atoms with E-state index in [9.17, 15) is 19.7 Å². The number of rotatable bonds is 6. The number of carbonyl (C=O) groups excluding carboxylic acids is 1. The SMILES string of the molecule is CC(CNC(=O)c1cc2cc([N+](=O)[O-])ccc2s1)CC(=O)O. The summed E-state index contributed by atoms with van der Waals surface area (Å²) in [7, 11) is 0. The van der Waals surface area contributed by atoms with Crippen LogP contribution in [0.15, 0.2) is 24.3 Å². The van der Waals surface area contributed by atoms with Crippen molar-refractivity contribution in [3.63, 3.8) is 0 Å². The largest absolute Gasteiger partial charge is 0.481 e. The standard InChI is InChI=1S/C14H14N2O5S/c1-8(4-13(17)18)7-15-14(19)12-6-9-5-10(16(20)21)2-3-11(9)22-12/h2-3,5-6,8H,4,7H2,1H3,(H,15,19)(H,17,18). The number of fused-ring (bicyclic) bond motifs is 1. The van der Waals surface area contributed by atoms with E-state index in [-0.39, 0.29) is 30.5 Å². The van der Waals surface area contributed by atoms with E-state index < -0.39 is 10.9 Å². The van der Waals surface area contributed by atoms with Gasteiger partial charge < -0.3 is 10.4 Å². The summed E-state index contributed by atoms with van der Waals surface area (Å²) in [6, 6.07) is 6.04. The molecule has 0 aliphatic rings. The molecule has 1 amide bonds. The lowest BCUT2D eigenvalue weighted by atomic mass is 10.1. The average Bonchev–Trinajstić information content (AvgIpc) is 2.86. The zero-order chi connectivity index (χ0) is 16.3. The Hall–Kier alpha value is -2.48. The highest BCUT2D eigenvalue weighted by molar-refractivity contribution is 7.20. The number of carbonyl (C=O) groups is 2. The fourth-order valence-corrected chi connectivity index (χ4v) is 2.94. The predicted molar refractivity (Wildman–Crippen MR) is 82.2 cm³/mol. The molecule has 2 N–H and O–H groups in total. The number of aliphatic carboxylic acids is 1. The van der Waals surface area contributed by atoms with Crippen LogP contribution in [0.3, 0.4) is 0 Å². The van der Waals surface area contributed by atoms with E-state index >= 15 is 0 Å². The van der Waals surface area contributed by atoms with E-state index in [0.717, 1.165) is 4.70 Å². The molecule has 0 bridgehead atoms. The molecular weight excluding hydrogens is 308 g/mol. The molecule has 1 atom stereocenters. The third-order valence-corrected chi connectivity index (χ3v) is 4.18. The number of nitro groups is 1. The first-order chi connectivity index (χ1) is 10.4. The number of thiophene rings is 1. The number of non-ortho nitro benzene ring substituents is 1. The Morgan fingerprint density at radius 2 is 2.14 bits per heavy atom. The second-order valence-electron chi connectivity index (χ2n) is 5.00. The summed E-state index contributed by atoms with van der Waals surface area (Å²) >= 11 is 1.24. The van der Waals surface area contributed by atoms with Gasteiger partial charge in [0.1, 0.15) is 0 Å². The molecule has 0 saturated heterocycles. The highest BCUT2D eigenvalue weighted by Crippen LogP contribution is 2.28. The molecule has 1 unspecified atom stereocenters. The molecular formula is C14H14N2O5S. The number of nitrogens with zero attached hydrogens (tertiary/aromatic N) is 1. The number of carboxylic acid groups (broad SMARTS) is 1. The van der Waals surface area contributed by atoms with Crippen LogP contribution in [0.4, 0.5) is 5.69 Å². The maximum Gasteiger partial charge on any atom is 0.303 e. The van der Waals surface area contributed by atoms with Crippen molar-refractivity contribution in [2.24, 2.45) is 5.92 Å². The lowest BCUT2D eigenvalue weighted by Gasteiger charge is -2.09. The first kappa shape index (κ1) is 15.9. The van der Waals surface area contributed by atoms with Gasteiger partial charge in [-0.3, -0.25) is 19.7 Å². The van der Waals surface area contributed by atoms with Gasteiger partial charge in [0.25, 0.3) is 11.6 Å². The number of nitro benzene ring substituents is 1. The van der Waals surface area contributed by atoms with Gasteiger partial charge in [0.05, 0.1) is 9.80 Å². The van der Waals surface area contributed by atoms with Crippen molar-refractivity contribution in [1.82, 2.24) is 5.32 Å². The minimum absolute atomic E-state index is 0.0150. The number of amides is 1. The maximum atomic E-state index is 12.0. The molecule has 2 aromatic rings. The predicted octanol–water partition coefficient (Wildman–Crippen LogP) is 2.65. The molecule has 116 valence electrons. The van der Waals surface area contributed by atoms with Crippen molar-refractivity contribution < 1.29 is 19.6 Å². The zero-order valence-electron chi connectivity index (χ0n) is 11.7. The van der Waals surface area contributed by atoms with Gasteiger partial charge in [-0.1, -0.05) is 6.92 Å². The van der Waals surface area contributed by atoms with Gasteiger partial charge in [-0.15, -0.1) is 11.3 Å². The second-order valence-corrected chi connectivity index (χ2v) is 6.09. The van der Waals surface area contributed by atoms with E-state index in [0.29, 0.717) is 10.3 Å². The molecule has 1 aromatic carbocycles. The van der Waals surface area contributed by atoms with Gasteiger partial charge in [0.15, 0.2) is 0 Å². The van der Waals surface area contributed by atoms with Crippen molar-refractivity contribution in [2.45, 2.75) is 13.3 Å². The average molecular weight is 322 g/mol. The molecule has 1 aromatic heterocycles. The van der Waals surface area contributed by atoms with Crippen LogP contribution in [-0.4, -0.2) is 28.5 Å².